The van der Waals surface area contributed by atoms with Gasteiger partial charge in [0, 0.05) is 18.3 Å². The lowest BCUT2D eigenvalue weighted by Crippen LogP contribution is -2.33. The second-order valence-corrected chi connectivity index (χ2v) is 7.89. The zero-order valence-electron chi connectivity index (χ0n) is 16.5. The maximum Gasteiger partial charge on any atom is 0.0617 e. The third-order valence-electron chi connectivity index (χ3n) is 6.31. The highest BCUT2D eigenvalue weighted by Gasteiger charge is 2.36. The van der Waals surface area contributed by atoms with Crippen LogP contribution in [0.1, 0.15) is 17.0 Å². The summed E-state index contributed by atoms with van der Waals surface area (Å²) in [5.74, 6) is 0.282. The standard InChI is InChI=1S/C27H21N3/c28-13-6-14-29-30-17-25-24-16-19-8-2-1-7-18(19)15-23(24)21-10-4-3-9-20(21)22-11-5-12-26(30)27(22)25/h1-16,25,28-29H,17H2/b14-6-,28-13?. The number of anilines is 1. The van der Waals surface area contributed by atoms with E-state index in [1.165, 1.54) is 56.1 Å². The van der Waals surface area contributed by atoms with Crippen LogP contribution in [-0.2, 0) is 0 Å². The number of benzene rings is 4. The fourth-order valence-corrected chi connectivity index (χ4v) is 5.05. The lowest BCUT2D eigenvalue weighted by Gasteiger charge is -2.21. The van der Waals surface area contributed by atoms with E-state index in [1.54, 1.807) is 6.08 Å². The number of hydrazine groups is 1. The molecule has 0 saturated heterocycles. The van der Waals surface area contributed by atoms with Crippen molar-refractivity contribution in [2.24, 2.45) is 0 Å². The Morgan fingerprint density at radius 3 is 2.30 bits per heavy atom. The van der Waals surface area contributed by atoms with E-state index in [2.05, 4.69) is 89.3 Å². The number of nitrogens with zero attached hydrogens (tertiary/aromatic N) is 1. The smallest absolute Gasteiger partial charge is 0.0617 e. The molecule has 3 heteroatoms. The molecule has 0 bridgehead atoms. The minimum Gasteiger partial charge on any atom is -0.309 e. The molecule has 3 nitrogen and oxygen atoms in total. The number of hydrogen-bond donors (Lipinski definition) is 2. The van der Waals surface area contributed by atoms with Gasteiger partial charge in [0.05, 0.1) is 12.2 Å². The lowest BCUT2D eigenvalue weighted by molar-refractivity contribution is 0.729. The SMILES string of the molecule is N=C/C=C\NN1CC2c3cc4ccccc4cc3-c3ccccc3-c3cccc1c32. The van der Waals surface area contributed by atoms with Crippen LogP contribution in [-0.4, -0.2) is 12.8 Å². The van der Waals surface area contributed by atoms with Gasteiger partial charge in [-0.15, -0.1) is 0 Å². The second kappa shape index (κ2) is 6.60. The topological polar surface area (TPSA) is 39.1 Å². The highest BCUT2D eigenvalue weighted by atomic mass is 15.5. The van der Waals surface area contributed by atoms with Crippen LogP contribution in [0.4, 0.5) is 5.69 Å². The fraction of sp³-hybridized carbons (Fsp3) is 0.0741. The van der Waals surface area contributed by atoms with Gasteiger partial charge in [-0.3, -0.25) is 5.01 Å². The predicted molar refractivity (Wildman–Crippen MR) is 125 cm³/mol. The van der Waals surface area contributed by atoms with Gasteiger partial charge in [-0.25, -0.2) is 0 Å². The summed E-state index contributed by atoms with van der Waals surface area (Å²) in [5.41, 5.74) is 12.6. The van der Waals surface area contributed by atoms with Crippen LogP contribution in [0.15, 0.2) is 91.1 Å². The van der Waals surface area contributed by atoms with Gasteiger partial charge in [0.25, 0.3) is 0 Å². The minimum absolute atomic E-state index is 0.282. The molecule has 0 spiro atoms. The summed E-state index contributed by atoms with van der Waals surface area (Å²) in [6.07, 6.45) is 4.82. The molecular formula is C27H21N3. The molecule has 4 aromatic carbocycles. The summed E-state index contributed by atoms with van der Waals surface area (Å²) < 4.78 is 0. The highest BCUT2D eigenvalue weighted by Crippen LogP contribution is 2.52. The van der Waals surface area contributed by atoms with E-state index < -0.39 is 0 Å². The molecule has 0 radical (unpaired) electrons. The number of allylic oxidation sites excluding steroid dienone is 1. The summed E-state index contributed by atoms with van der Waals surface area (Å²) in [5, 5.41) is 12.0. The van der Waals surface area contributed by atoms with Crippen molar-refractivity contribution in [3.63, 3.8) is 0 Å². The number of fused-ring (bicyclic) bond motifs is 6. The molecule has 1 unspecified atom stereocenters. The van der Waals surface area contributed by atoms with Crippen molar-refractivity contribution in [1.29, 1.82) is 5.41 Å². The van der Waals surface area contributed by atoms with E-state index >= 15 is 0 Å². The Hall–Kier alpha value is -3.85. The number of rotatable bonds is 3. The molecule has 0 amide bonds. The molecule has 2 aliphatic rings. The van der Waals surface area contributed by atoms with Crippen molar-refractivity contribution >= 4 is 22.7 Å². The van der Waals surface area contributed by atoms with Gasteiger partial charge in [-0.2, -0.15) is 0 Å². The second-order valence-electron chi connectivity index (χ2n) is 7.89. The first kappa shape index (κ1) is 17.0. The van der Waals surface area contributed by atoms with Crippen LogP contribution in [0.3, 0.4) is 0 Å². The fourth-order valence-electron chi connectivity index (χ4n) is 5.05. The molecule has 0 fully saturated rings. The third kappa shape index (κ3) is 2.42. The van der Waals surface area contributed by atoms with Gasteiger partial charge in [-0.1, -0.05) is 60.7 Å². The van der Waals surface area contributed by atoms with Crippen LogP contribution < -0.4 is 10.4 Å². The van der Waals surface area contributed by atoms with Crippen molar-refractivity contribution in [3.05, 3.63) is 102 Å². The average Bonchev–Trinajstić information content (AvgIpc) is 3.12. The number of hydrogen-bond acceptors (Lipinski definition) is 3. The summed E-state index contributed by atoms with van der Waals surface area (Å²) in [7, 11) is 0. The van der Waals surface area contributed by atoms with Gasteiger partial charge in [0.15, 0.2) is 0 Å². The first-order chi connectivity index (χ1) is 14.8. The zero-order chi connectivity index (χ0) is 20.1. The van der Waals surface area contributed by atoms with Gasteiger partial charge >= 0.3 is 0 Å². The minimum atomic E-state index is 0.282. The van der Waals surface area contributed by atoms with E-state index in [0.717, 1.165) is 6.54 Å². The van der Waals surface area contributed by atoms with Gasteiger partial charge < -0.3 is 10.8 Å². The van der Waals surface area contributed by atoms with Crippen LogP contribution in [0, 0.1) is 5.41 Å². The van der Waals surface area contributed by atoms with Crippen molar-refractivity contribution in [3.8, 4) is 22.3 Å². The highest BCUT2D eigenvalue weighted by molar-refractivity contribution is 5.97. The van der Waals surface area contributed by atoms with E-state index in [9.17, 15) is 0 Å². The molecular weight excluding hydrogens is 366 g/mol. The van der Waals surface area contributed by atoms with E-state index in [0.29, 0.717) is 0 Å². The average molecular weight is 387 g/mol. The van der Waals surface area contributed by atoms with Gasteiger partial charge in [0.2, 0.25) is 0 Å². The Bertz CT molecular complexity index is 1340. The zero-order valence-corrected chi connectivity index (χ0v) is 16.5. The molecule has 1 heterocycles. The molecule has 1 aliphatic heterocycles. The molecule has 0 aromatic heterocycles. The lowest BCUT2D eigenvalue weighted by atomic mass is 9.87. The van der Waals surface area contributed by atoms with Crippen molar-refractivity contribution in [1.82, 2.24) is 5.43 Å². The maximum atomic E-state index is 7.25. The molecule has 1 atom stereocenters. The Balaban J connectivity index is 1.66. The van der Waals surface area contributed by atoms with E-state index in [-0.39, 0.29) is 5.92 Å². The summed E-state index contributed by atoms with van der Waals surface area (Å²) in [6, 6.07) is 28.8. The first-order valence-electron chi connectivity index (χ1n) is 10.3. The molecule has 0 saturated carbocycles. The molecule has 6 rings (SSSR count). The Labute approximate surface area is 175 Å². The van der Waals surface area contributed by atoms with Crippen LogP contribution in [0.2, 0.25) is 0 Å². The molecule has 2 N–H and O–H groups in total. The third-order valence-corrected chi connectivity index (χ3v) is 6.31. The van der Waals surface area contributed by atoms with Gasteiger partial charge in [-0.05, 0) is 68.4 Å². The summed E-state index contributed by atoms with van der Waals surface area (Å²) in [6.45, 7) is 0.855. The number of nitrogens with one attached hydrogen (secondary N) is 2. The van der Waals surface area contributed by atoms with Gasteiger partial charge in [0.1, 0.15) is 0 Å². The van der Waals surface area contributed by atoms with Crippen molar-refractivity contribution in [2.45, 2.75) is 5.92 Å². The predicted octanol–water partition coefficient (Wildman–Crippen LogP) is 6.11. The first-order valence-corrected chi connectivity index (χ1v) is 10.3. The van der Waals surface area contributed by atoms with Crippen molar-refractivity contribution < 1.29 is 0 Å². The quantitative estimate of drug-likeness (QED) is 0.417. The monoisotopic (exact) mass is 387 g/mol. The normalized spacial score (nSPS) is 16.1. The molecule has 30 heavy (non-hydrogen) atoms. The molecule has 144 valence electrons. The summed E-state index contributed by atoms with van der Waals surface area (Å²) in [4.78, 5) is 0. The summed E-state index contributed by atoms with van der Waals surface area (Å²) >= 11 is 0. The van der Waals surface area contributed by atoms with Crippen LogP contribution >= 0.6 is 0 Å². The van der Waals surface area contributed by atoms with Crippen molar-refractivity contribution in [2.75, 3.05) is 11.6 Å². The maximum absolute atomic E-state index is 7.25. The molecule has 1 aliphatic carbocycles. The molecule has 4 aromatic rings. The Morgan fingerprint density at radius 1 is 0.800 bits per heavy atom. The van der Waals surface area contributed by atoms with Crippen LogP contribution in [0.25, 0.3) is 33.0 Å². The van der Waals surface area contributed by atoms with E-state index in [1.807, 2.05) is 6.20 Å². The Kier molecular flexibility index (Phi) is 3.75. The largest absolute Gasteiger partial charge is 0.309 e. The van der Waals surface area contributed by atoms with Crippen LogP contribution in [0.5, 0.6) is 0 Å². The van der Waals surface area contributed by atoms with E-state index in [4.69, 9.17) is 5.41 Å². The Morgan fingerprint density at radius 2 is 1.50 bits per heavy atom.